The Morgan fingerprint density at radius 3 is 2.29 bits per heavy atom. The van der Waals surface area contributed by atoms with Crippen molar-refractivity contribution in [3.05, 3.63) is 27.0 Å². The highest BCUT2D eigenvalue weighted by atomic mass is 32.2. The fraction of sp³-hybridized carbons (Fsp3) is 0.375. The maximum atomic E-state index is 11.7. The van der Waals surface area contributed by atoms with Gasteiger partial charge in [-0.15, -0.1) is 0 Å². The first-order valence-corrected chi connectivity index (χ1v) is 6.44. The van der Waals surface area contributed by atoms with Crippen LogP contribution in [-0.4, -0.2) is 33.0 Å². The Labute approximate surface area is 95.8 Å². The minimum Gasteiger partial charge on any atom is -0.293 e. The first kappa shape index (κ1) is 11.6. The molecule has 17 heavy (non-hydrogen) atoms. The molecule has 0 aromatic carbocycles. The van der Waals surface area contributed by atoms with E-state index < -0.39 is 21.3 Å². The van der Waals surface area contributed by atoms with Gasteiger partial charge in [-0.1, -0.05) is 0 Å². The van der Waals surface area contributed by atoms with Crippen LogP contribution in [0.4, 0.5) is 0 Å². The number of hydrogen-bond acceptors (Lipinski definition) is 5. The predicted octanol–water partition coefficient (Wildman–Crippen LogP) is -1.76. The van der Waals surface area contributed by atoms with Gasteiger partial charge in [0.15, 0.2) is 5.52 Å². The average molecular weight is 258 g/mol. The Morgan fingerprint density at radius 2 is 1.76 bits per heavy atom. The Kier molecular flexibility index (Phi) is 2.24. The lowest BCUT2D eigenvalue weighted by Gasteiger charge is -2.00. The molecule has 8 nitrogen and oxygen atoms in total. The van der Waals surface area contributed by atoms with Crippen molar-refractivity contribution >= 4 is 21.1 Å². The molecule has 2 rings (SSSR count). The summed E-state index contributed by atoms with van der Waals surface area (Å²) in [4.78, 5) is 23.3. The Hall–Kier alpha value is -1.90. The third-order valence-corrected chi connectivity index (χ3v) is 3.32. The molecule has 0 bridgehead atoms. The first-order valence-electron chi connectivity index (χ1n) is 4.59. The van der Waals surface area contributed by atoms with Crippen molar-refractivity contribution in [3.63, 3.8) is 0 Å². The standard InChI is InChI=1S/C8H10N4O4S/c1-10-5-4-12(17(3,15)16)9-6(5)7(13)11(2)8(10)14/h4H,1-3H3. The average Bonchev–Trinajstić information content (AvgIpc) is 2.67. The lowest BCUT2D eigenvalue weighted by molar-refractivity contribution is 0.587. The summed E-state index contributed by atoms with van der Waals surface area (Å²) in [5.74, 6) is 0. The quantitative estimate of drug-likeness (QED) is 0.604. The monoisotopic (exact) mass is 258 g/mol. The van der Waals surface area contributed by atoms with Gasteiger partial charge in [-0.25, -0.2) is 13.2 Å². The summed E-state index contributed by atoms with van der Waals surface area (Å²) in [6, 6.07) is 0. The van der Waals surface area contributed by atoms with E-state index in [9.17, 15) is 18.0 Å². The Morgan fingerprint density at radius 1 is 1.18 bits per heavy atom. The molecule has 0 saturated carbocycles. The van der Waals surface area contributed by atoms with Crippen molar-refractivity contribution in [2.75, 3.05) is 6.26 Å². The van der Waals surface area contributed by atoms with Crippen LogP contribution in [0.1, 0.15) is 0 Å². The Balaban J connectivity index is 3.07. The van der Waals surface area contributed by atoms with Gasteiger partial charge < -0.3 is 0 Å². The minimum absolute atomic E-state index is 0.0555. The topological polar surface area (TPSA) is 96.0 Å². The van der Waals surface area contributed by atoms with Gasteiger partial charge >= 0.3 is 5.69 Å². The third kappa shape index (κ3) is 1.58. The number of aromatic nitrogens is 4. The highest BCUT2D eigenvalue weighted by Crippen LogP contribution is 2.05. The van der Waals surface area contributed by atoms with Gasteiger partial charge in [-0.2, -0.15) is 9.19 Å². The van der Waals surface area contributed by atoms with Gasteiger partial charge in [0.1, 0.15) is 0 Å². The van der Waals surface area contributed by atoms with Crippen molar-refractivity contribution in [3.8, 4) is 0 Å². The normalized spacial score (nSPS) is 12.2. The van der Waals surface area contributed by atoms with Crippen molar-refractivity contribution in [1.29, 1.82) is 0 Å². The minimum atomic E-state index is -3.58. The van der Waals surface area contributed by atoms with E-state index in [4.69, 9.17) is 0 Å². The van der Waals surface area contributed by atoms with Crippen LogP contribution in [-0.2, 0) is 24.1 Å². The van der Waals surface area contributed by atoms with Crippen molar-refractivity contribution in [2.45, 2.75) is 0 Å². The smallest absolute Gasteiger partial charge is 0.293 e. The van der Waals surface area contributed by atoms with Crippen molar-refractivity contribution < 1.29 is 8.42 Å². The maximum Gasteiger partial charge on any atom is 0.331 e. The summed E-state index contributed by atoms with van der Waals surface area (Å²) in [5, 5.41) is 3.68. The van der Waals surface area contributed by atoms with Gasteiger partial charge in [0.05, 0.1) is 18.0 Å². The van der Waals surface area contributed by atoms with Crippen LogP contribution in [0.2, 0.25) is 0 Å². The van der Waals surface area contributed by atoms with Crippen LogP contribution >= 0.6 is 0 Å². The van der Waals surface area contributed by atoms with Gasteiger partial charge in [-0.05, 0) is 0 Å². The van der Waals surface area contributed by atoms with E-state index in [2.05, 4.69) is 5.10 Å². The summed E-state index contributed by atoms with van der Waals surface area (Å²) in [7, 11) is -0.830. The summed E-state index contributed by atoms with van der Waals surface area (Å²) < 4.78 is 25.3. The highest BCUT2D eigenvalue weighted by molar-refractivity contribution is 7.89. The molecule has 0 aliphatic heterocycles. The van der Waals surface area contributed by atoms with E-state index in [0.29, 0.717) is 4.09 Å². The lowest BCUT2D eigenvalue weighted by atomic mass is 10.4. The van der Waals surface area contributed by atoms with E-state index in [1.807, 2.05) is 0 Å². The van der Waals surface area contributed by atoms with Gasteiger partial charge in [0.25, 0.3) is 15.6 Å². The van der Waals surface area contributed by atoms with Gasteiger partial charge in [0.2, 0.25) is 0 Å². The van der Waals surface area contributed by atoms with E-state index in [1.165, 1.54) is 18.7 Å². The Bertz CT molecular complexity index is 824. The van der Waals surface area contributed by atoms with Crippen LogP contribution < -0.4 is 11.2 Å². The molecule has 0 atom stereocenters. The maximum absolute atomic E-state index is 11.7. The summed E-state index contributed by atoms with van der Waals surface area (Å²) in [6.45, 7) is 0. The molecule has 0 fully saturated rings. The van der Waals surface area contributed by atoms with Gasteiger partial charge in [0, 0.05) is 14.1 Å². The fourth-order valence-corrected chi connectivity index (χ4v) is 2.01. The van der Waals surface area contributed by atoms with Crippen LogP contribution in [0.3, 0.4) is 0 Å². The summed E-state index contributed by atoms with van der Waals surface area (Å²) in [6.07, 6.45) is 2.11. The molecule has 0 radical (unpaired) electrons. The van der Waals surface area contributed by atoms with Crippen LogP contribution in [0, 0.1) is 0 Å². The zero-order valence-electron chi connectivity index (χ0n) is 9.41. The molecule has 0 aliphatic rings. The highest BCUT2D eigenvalue weighted by Gasteiger charge is 2.15. The molecule has 0 saturated heterocycles. The molecule has 2 heterocycles. The zero-order valence-corrected chi connectivity index (χ0v) is 10.2. The first-order chi connectivity index (χ1) is 7.73. The summed E-state index contributed by atoms with van der Waals surface area (Å²) >= 11 is 0. The molecule has 0 unspecified atom stereocenters. The molecule has 0 spiro atoms. The number of aryl methyl sites for hydroxylation is 1. The molecule has 0 aliphatic carbocycles. The largest absolute Gasteiger partial charge is 0.331 e. The van der Waals surface area contributed by atoms with Crippen LogP contribution in [0.25, 0.3) is 11.0 Å². The summed E-state index contributed by atoms with van der Waals surface area (Å²) in [5.41, 5.74) is -1.02. The van der Waals surface area contributed by atoms with Crippen LogP contribution in [0.5, 0.6) is 0 Å². The second kappa shape index (κ2) is 3.29. The van der Waals surface area contributed by atoms with E-state index in [-0.39, 0.29) is 11.0 Å². The molecule has 9 heteroatoms. The molecule has 0 N–H and O–H groups in total. The number of rotatable bonds is 1. The molecule has 92 valence electrons. The predicted molar refractivity (Wildman–Crippen MR) is 60.5 cm³/mol. The van der Waals surface area contributed by atoms with Crippen molar-refractivity contribution in [1.82, 2.24) is 18.3 Å². The lowest BCUT2D eigenvalue weighted by Crippen LogP contribution is -2.36. The number of nitrogens with zero attached hydrogens (tertiary/aromatic N) is 4. The van der Waals surface area contributed by atoms with E-state index >= 15 is 0 Å². The molecular formula is C8H10N4O4S. The van der Waals surface area contributed by atoms with Crippen molar-refractivity contribution in [2.24, 2.45) is 14.1 Å². The second-order valence-corrected chi connectivity index (χ2v) is 5.54. The van der Waals surface area contributed by atoms with Crippen LogP contribution in [0.15, 0.2) is 15.8 Å². The zero-order chi connectivity index (χ0) is 13.0. The third-order valence-electron chi connectivity index (χ3n) is 2.46. The number of hydrogen-bond donors (Lipinski definition) is 0. The van der Waals surface area contributed by atoms with E-state index in [1.54, 1.807) is 0 Å². The SMILES string of the molecule is Cn1c(=O)c2nn(S(C)(=O)=O)cc2n(C)c1=O. The van der Waals surface area contributed by atoms with Gasteiger partial charge in [-0.3, -0.25) is 13.9 Å². The molecule has 2 aromatic rings. The second-order valence-electron chi connectivity index (χ2n) is 3.70. The molecule has 0 amide bonds. The molecule has 2 aromatic heterocycles. The fourth-order valence-electron chi connectivity index (χ4n) is 1.49. The van der Waals surface area contributed by atoms with E-state index in [0.717, 1.165) is 17.0 Å². The molecular weight excluding hydrogens is 248 g/mol. The number of fused-ring (bicyclic) bond motifs is 1.